The van der Waals surface area contributed by atoms with Gasteiger partial charge in [-0.05, 0) is 12.8 Å². The number of hydrogen-bond acceptors (Lipinski definition) is 5. The summed E-state index contributed by atoms with van der Waals surface area (Å²) in [4.78, 5) is 0. The van der Waals surface area contributed by atoms with E-state index in [4.69, 9.17) is 4.18 Å². The van der Waals surface area contributed by atoms with Crippen molar-refractivity contribution in [3.8, 4) is 0 Å². The van der Waals surface area contributed by atoms with Crippen LogP contribution in [0.2, 0.25) is 0 Å². The number of unbranched alkanes of at least 4 members (excludes halogenated alkanes) is 8. The molecule has 1 atom stereocenters. The van der Waals surface area contributed by atoms with Crippen LogP contribution in [0.4, 0.5) is 0 Å². The molecular weight excluding hydrogens is 340 g/mol. The van der Waals surface area contributed by atoms with Crippen LogP contribution in [-0.4, -0.2) is 32.6 Å². The third-order valence-electron chi connectivity index (χ3n) is 3.69. The molecule has 0 bridgehead atoms. The number of rotatable bonds is 15. The van der Waals surface area contributed by atoms with Crippen LogP contribution in [0, 0.1) is 0 Å². The Hall–Kier alpha value is -0.180. The first-order valence-corrected chi connectivity index (χ1v) is 11.6. The Morgan fingerprint density at radius 2 is 1.26 bits per heavy atom. The molecular formula is C15H32O6S2. The first-order chi connectivity index (χ1) is 10.8. The second-order valence-electron chi connectivity index (χ2n) is 5.88. The summed E-state index contributed by atoms with van der Waals surface area (Å²) >= 11 is 0. The first-order valence-electron chi connectivity index (χ1n) is 8.60. The highest BCUT2D eigenvalue weighted by atomic mass is 32.3. The Bertz CT molecular complexity index is 484. The summed E-state index contributed by atoms with van der Waals surface area (Å²) in [7, 11) is -8.98. The van der Waals surface area contributed by atoms with E-state index in [2.05, 4.69) is 6.92 Å². The third kappa shape index (κ3) is 11.1. The van der Waals surface area contributed by atoms with Crippen LogP contribution in [0.1, 0.15) is 84.5 Å². The summed E-state index contributed by atoms with van der Waals surface area (Å²) in [6, 6.07) is 0. The van der Waals surface area contributed by atoms with E-state index in [9.17, 15) is 21.4 Å². The highest BCUT2D eigenvalue weighted by Crippen LogP contribution is 2.19. The second kappa shape index (κ2) is 12.2. The van der Waals surface area contributed by atoms with Crippen molar-refractivity contribution in [2.75, 3.05) is 6.61 Å². The molecule has 0 heterocycles. The van der Waals surface area contributed by atoms with Crippen molar-refractivity contribution in [1.82, 2.24) is 0 Å². The van der Waals surface area contributed by atoms with E-state index >= 15 is 0 Å². The molecule has 0 spiro atoms. The maximum atomic E-state index is 12.0. The van der Waals surface area contributed by atoms with Crippen LogP contribution in [0.25, 0.3) is 0 Å². The molecule has 0 aliphatic rings. The minimum atomic E-state index is -4.68. The van der Waals surface area contributed by atoms with Crippen molar-refractivity contribution in [1.29, 1.82) is 0 Å². The van der Waals surface area contributed by atoms with Crippen molar-refractivity contribution in [3.63, 3.8) is 0 Å². The van der Waals surface area contributed by atoms with Gasteiger partial charge in [-0.3, -0.25) is 8.74 Å². The molecule has 0 saturated carbocycles. The summed E-state index contributed by atoms with van der Waals surface area (Å²) in [5.41, 5.74) is 0. The lowest BCUT2D eigenvalue weighted by atomic mass is 10.1. The van der Waals surface area contributed by atoms with E-state index in [1.54, 1.807) is 0 Å². The fraction of sp³-hybridized carbons (Fsp3) is 1.00. The minimum absolute atomic E-state index is 0.0323. The Labute approximate surface area is 141 Å². The van der Waals surface area contributed by atoms with Gasteiger partial charge in [-0.2, -0.15) is 16.8 Å². The smallest absolute Gasteiger partial charge is 0.284 e. The first kappa shape index (κ1) is 22.8. The van der Waals surface area contributed by atoms with E-state index in [0.717, 1.165) is 51.4 Å². The van der Waals surface area contributed by atoms with Crippen molar-refractivity contribution < 1.29 is 25.6 Å². The van der Waals surface area contributed by atoms with E-state index in [1.165, 1.54) is 0 Å². The fourth-order valence-electron chi connectivity index (χ4n) is 2.31. The van der Waals surface area contributed by atoms with E-state index < -0.39 is 24.8 Å². The van der Waals surface area contributed by atoms with Gasteiger partial charge in [0.2, 0.25) is 4.58 Å². The predicted octanol–water partition coefficient (Wildman–Crippen LogP) is 3.88. The number of hydrogen-bond donors (Lipinski definition) is 1. The molecule has 0 saturated heterocycles. The van der Waals surface area contributed by atoms with Crippen LogP contribution < -0.4 is 0 Å². The molecule has 0 radical (unpaired) electrons. The molecule has 0 aromatic rings. The summed E-state index contributed by atoms with van der Waals surface area (Å²) in [6.07, 6.45) is 8.71. The van der Waals surface area contributed by atoms with Gasteiger partial charge in [0.25, 0.3) is 20.2 Å². The average molecular weight is 373 g/mol. The normalized spacial score (nSPS) is 14.0. The Kier molecular flexibility index (Phi) is 12.1. The lowest BCUT2D eigenvalue weighted by Crippen LogP contribution is -2.31. The van der Waals surface area contributed by atoms with Crippen LogP contribution in [0.3, 0.4) is 0 Å². The Balaban J connectivity index is 4.34. The summed E-state index contributed by atoms with van der Waals surface area (Å²) in [5.74, 6) is 0. The molecule has 140 valence electrons. The summed E-state index contributed by atoms with van der Waals surface area (Å²) < 4.78 is 58.8. The van der Waals surface area contributed by atoms with Gasteiger partial charge < -0.3 is 0 Å². The summed E-state index contributed by atoms with van der Waals surface area (Å²) in [5, 5.41) is 0. The van der Waals surface area contributed by atoms with Gasteiger partial charge in [0.05, 0.1) is 6.61 Å². The van der Waals surface area contributed by atoms with Crippen LogP contribution in [-0.2, 0) is 24.4 Å². The predicted molar refractivity (Wildman–Crippen MR) is 92.3 cm³/mol. The quantitative estimate of drug-likeness (QED) is 0.266. The molecule has 0 aromatic carbocycles. The van der Waals surface area contributed by atoms with Gasteiger partial charge in [0.1, 0.15) is 0 Å². The van der Waals surface area contributed by atoms with E-state index in [0.29, 0.717) is 12.8 Å². The van der Waals surface area contributed by atoms with Gasteiger partial charge in [-0.15, -0.1) is 0 Å². The van der Waals surface area contributed by atoms with Crippen molar-refractivity contribution in [2.24, 2.45) is 0 Å². The molecule has 1 N–H and O–H groups in total. The zero-order chi connectivity index (χ0) is 17.8. The van der Waals surface area contributed by atoms with E-state index in [1.807, 2.05) is 6.92 Å². The SMILES string of the molecule is CCCCCCCCOS(=O)(=O)C(CCCCCC)S(=O)(=O)O. The lowest BCUT2D eigenvalue weighted by Gasteiger charge is -2.14. The Morgan fingerprint density at radius 3 is 1.78 bits per heavy atom. The van der Waals surface area contributed by atoms with Crippen molar-refractivity contribution in [2.45, 2.75) is 89.1 Å². The fourth-order valence-corrected chi connectivity index (χ4v) is 5.09. The Morgan fingerprint density at radius 1 is 0.783 bits per heavy atom. The van der Waals surface area contributed by atoms with Gasteiger partial charge in [-0.1, -0.05) is 71.6 Å². The molecule has 0 aliphatic carbocycles. The van der Waals surface area contributed by atoms with Gasteiger partial charge in [0, 0.05) is 0 Å². The molecule has 8 heteroatoms. The van der Waals surface area contributed by atoms with Gasteiger partial charge in [-0.25, -0.2) is 0 Å². The van der Waals surface area contributed by atoms with Gasteiger partial charge in [0.15, 0.2) is 0 Å². The van der Waals surface area contributed by atoms with Crippen molar-refractivity contribution in [3.05, 3.63) is 0 Å². The molecule has 0 fully saturated rings. The largest absolute Gasteiger partial charge is 0.287 e. The zero-order valence-electron chi connectivity index (χ0n) is 14.4. The maximum Gasteiger partial charge on any atom is 0.287 e. The molecule has 6 nitrogen and oxygen atoms in total. The van der Waals surface area contributed by atoms with Crippen LogP contribution in [0.15, 0.2) is 0 Å². The highest BCUT2D eigenvalue weighted by Gasteiger charge is 2.37. The molecule has 0 aliphatic heterocycles. The standard InChI is InChI=1S/C15H32O6S2/c1-3-5-7-9-10-12-14-21-23(19,20)15(22(16,17)18)13-11-8-6-4-2/h15H,3-14H2,1-2H3,(H,16,17,18). The topological polar surface area (TPSA) is 97.7 Å². The summed E-state index contributed by atoms with van der Waals surface area (Å²) in [6.45, 7) is 4.09. The molecule has 23 heavy (non-hydrogen) atoms. The maximum absolute atomic E-state index is 12.0. The lowest BCUT2D eigenvalue weighted by molar-refractivity contribution is 0.302. The monoisotopic (exact) mass is 372 g/mol. The zero-order valence-corrected chi connectivity index (χ0v) is 16.0. The highest BCUT2D eigenvalue weighted by molar-refractivity contribution is 8.04. The van der Waals surface area contributed by atoms with Crippen LogP contribution in [0.5, 0.6) is 0 Å². The average Bonchev–Trinajstić information content (AvgIpc) is 2.44. The van der Waals surface area contributed by atoms with Crippen molar-refractivity contribution >= 4 is 20.2 Å². The third-order valence-corrected chi connectivity index (χ3v) is 7.40. The minimum Gasteiger partial charge on any atom is -0.284 e. The van der Waals surface area contributed by atoms with Crippen LogP contribution >= 0.6 is 0 Å². The molecule has 0 rings (SSSR count). The molecule has 0 aromatic heterocycles. The molecule has 1 unspecified atom stereocenters. The molecule has 0 amide bonds. The van der Waals surface area contributed by atoms with Gasteiger partial charge >= 0.3 is 0 Å². The van der Waals surface area contributed by atoms with E-state index in [-0.39, 0.29) is 13.0 Å². The second-order valence-corrected chi connectivity index (χ2v) is 9.56.